The maximum absolute atomic E-state index is 12.0. The van der Waals surface area contributed by atoms with Gasteiger partial charge in [-0.2, -0.15) is 0 Å². The molecule has 1 amide bonds. The van der Waals surface area contributed by atoms with E-state index in [1.807, 2.05) is 24.3 Å². The van der Waals surface area contributed by atoms with Crippen LogP contribution in [0.5, 0.6) is 5.75 Å². The maximum Gasteiger partial charge on any atom is 0.343 e. The Kier molecular flexibility index (Phi) is 8.23. The minimum Gasteiger partial charge on any atom is -0.497 e. The van der Waals surface area contributed by atoms with Crippen LogP contribution in [0.15, 0.2) is 34.2 Å². The van der Waals surface area contributed by atoms with Crippen LogP contribution in [-0.2, 0) is 22.5 Å². The third kappa shape index (κ3) is 6.23. The van der Waals surface area contributed by atoms with Crippen molar-refractivity contribution in [3.8, 4) is 5.75 Å². The van der Waals surface area contributed by atoms with Crippen LogP contribution in [-0.4, -0.2) is 53.8 Å². The number of aromatic amines is 1. The topological polar surface area (TPSA) is 98.2 Å². The van der Waals surface area contributed by atoms with E-state index in [1.165, 1.54) is 16.3 Å². The Morgan fingerprint density at radius 3 is 2.77 bits per heavy atom. The zero-order valence-corrected chi connectivity index (χ0v) is 15.8. The van der Waals surface area contributed by atoms with Gasteiger partial charge in [-0.1, -0.05) is 23.9 Å². The standard InChI is InChI=1S/C17H24N4O4S/c1-24-11-3-10-21-16(23)19-20-17(21)26-12-15(22)18-9-8-13-4-6-14(25-2)7-5-13/h4-7H,3,8-12H2,1-2H3,(H,18,22)(H,19,23). The number of aromatic nitrogens is 3. The second-order valence-corrected chi connectivity index (χ2v) is 6.49. The number of H-pyrrole nitrogens is 1. The monoisotopic (exact) mass is 380 g/mol. The molecule has 9 heteroatoms. The summed E-state index contributed by atoms with van der Waals surface area (Å²) in [4.78, 5) is 23.7. The highest BCUT2D eigenvalue weighted by molar-refractivity contribution is 7.99. The van der Waals surface area contributed by atoms with Gasteiger partial charge in [0.2, 0.25) is 5.91 Å². The van der Waals surface area contributed by atoms with Gasteiger partial charge in [0.1, 0.15) is 5.75 Å². The summed E-state index contributed by atoms with van der Waals surface area (Å²) in [6, 6.07) is 7.74. The number of amides is 1. The van der Waals surface area contributed by atoms with Gasteiger partial charge < -0.3 is 14.8 Å². The Bertz CT molecular complexity index is 742. The van der Waals surface area contributed by atoms with Crippen LogP contribution in [0.25, 0.3) is 0 Å². The summed E-state index contributed by atoms with van der Waals surface area (Å²) in [7, 11) is 3.24. The van der Waals surface area contributed by atoms with Gasteiger partial charge in [0.05, 0.1) is 12.9 Å². The number of nitrogens with zero attached hydrogens (tertiary/aromatic N) is 2. The van der Waals surface area contributed by atoms with E-state index in [0.717, 1.165) is 17.7 Å². The molecule has 26 heavy (non-hydrogen) atoms. The summed E-state index contributed by atoms with van der Waals surface area (Å²) < 4.78 is 11.6. The summed E-state index contributed by atoms with van der Waals surface area (Å²) >= 11 is 1.24. The molecule has 1 aromatic carbocycles. The number of carbonyl (C=O) groups is 1. The molecule has 0 radical (unpaired) electrons. The van der Waals surface area contributed by atoms with E-state index in [9.17, 15) is 9.59 Å². The van der Waals surface area contributed by atoms with Gasteiger partial charge in [-0.15, -0.1) is 5.10 Å². The number of thioether (sulfide) groups is 1. The van der Waals surface area contributed by atoms with Gasteiger partial charge in [-0.05, 0) is 30.5 Å². The molecule has 8 nitrogen and oxygen atoms in total. The molecule has 0 saturated heterocycles. The first kappa shape index (κ1) is 20.1. The van der Waals surface area contributed by atoms with Crippen molar-refractivity contribution in [1.29, 1.82) is 0 Å². The van der Waals surface area contributed by atoms with Crippen molar-refractivity contribution in [1.82, 2.24) is 20.1 Å². The molecule has 0 bridgehead atoms. The van der Waals surface area contributed by atoms with Gasteiger partial charge in [0.15, 0.2) is 5.16 Å². The van der Waals surface area contributed by atoms with E-state index in [-0.39, 0.29) is 17.3 Å². The smallest absolute Gasteiger partial charge is 0.343 e. The van der Waals surface area contributed by atoms with Gasteiger partial charge in [0, 0.05) is 26.8 Å². The fraction of sp³-hybridized carbons (Fsp3) is 0.471. The molecule has 1 heterocycles. The molecule has 2 aromatic rings. The van der Waals surface area contributed by atoms with Gasteiger partial charge >= 0.3 is 5.69 Å². The van der Waals surface area contributed by atoms with Crippen molar-refractivity contribution >= 4 is 17.7 Å². The molecule has 0 aliphatic carbocycles. The first-order chi connectivity index (χ1) is 12.6. The SMILES string of the molecule is COCCCn1c(SCC(=O)NCCc2ccc(OC)cc2)n[nH]c1=O. The number of hydrogen-bond acceptors (Lipinski definition) is 6. The fourth-order valence-corrected chi connectivity index (χ4v) is 3.10. The van der Waals surface area contributed by atoms with Gasteiger partial charge in [-0.25, -0.2) is 9.89 Å². The van der Waals surface area contributed by atoms with Crippen LogP contribution in [0.3, 0.4) is 0 Å². The Hall–Kier alpha value is -2.26. The molecule has 0 aliphatic heterocycles. The van der Waals surface area contributed by atoms with Crippen LogP contribution in [0.2, 0.25) is 0 Å². The van der Waals surface area contributed by atoms with E-state index in [0.29, 0.717) is 31.3 Å². The fourth-order valence-electron chi connectivity index (χ4n) is 2.30. The third-order valence-electron chi connectivity index (χ3n) is 3.68. The second kappa shape index (κ2) is 10.7. The third-order valence-corrected chi connectivity index (χ3v) is 4.66. The molecule has 142 valence electrons. The normalized spacial score (nSPS) is 10.7. The van der Waals surface area contributed by atoms with Crippen LogP contribution < -0.4 is 15.7 Å². The molecule has 0 spiro atoms. The minimum atomic E-state index is -0.275. The Labute approximate surface area is 156 Å². The first-order valence-corrected chi connectivity index (χ1v) is 9.29. The number of methoxy groups -OCH3 is 2. The highest BCUT2D eigenvalue weighted by Crippen LogP contribution is 2.13. The molecular formula is C17H24N4O4S. The van der Waals surface area contributed by atoms with Crippen molar-refractivity contribution in [2.45, 2.75) is 24.5 Å². The number of rotatable bonds is 11. The maximum atomic E-state index is 12.0. The number of ether oxygens (including phenoxy) is 2. The minimum absolute atomic E-state index is 0.0950. The number of benzene rings is 1. The van der Waals surface area contributed by atoms with Crippen LogP contribution in [0.1, 0.15) is 12.0 Å². The molecule has 1 aromatic heterocycles. The predicted octanol–water partition coefficient (Wildman–Crippen LogP) is 1.07. The summed E-state index contributed by atoms with van der Waals surface area (Å²) in [6.45, 7) is 1.62. The average molecular weight is 380 g/mol. The molecule has 0 aliphatic rings. The molecule has 0 fully saturated rings. The summed E-state index contributed by atoms with van der Waals surface area (Å²) in [5.41, 5.74) is 0.849. The summed E-state index contributed by atoms with van der Waals surface area (Å²) in [6.07, 6.45) is 1.45. The average Bonchev–Trinajstić information content (AvgIpc) is 3.01. The van der Waals surface area contributed by atoms with Crippen molar-refractivity contribution in [2.24, 2.45) is 0 Å². The van der Waals surface area contributed by atoms with Gasteiger partial charge in [0.25, 0.3) is 0 Å². The van der Waals surface area contributed by atoms with Crippen LogP contribution in [0, 0.1) is 0 Å². The summed E-state index contributed by atoms with van der Waals surface area (Å²) in [5.74, 6) is 0.920. The zero-order valence-electron chi connectivity index (χ0n) is 15.0. The van der Waals surface area contributed by atoms with E-state index in [2.05, 4.69) is 15.5 Å². The zero-order chi connectivity index (χ0) is 18.8. The summed E-state index contributed by atoms with van der Waals surface area (Å²) in [5, 5.41) is 9.76. The lowest BCUT2D eigenvalue weighted by Gasteiger charge is -2.07. The molecule has 2 N–H and O–H groups in total. The highest BCUT2D eigenvalue weighted by Gasteiger charge is 2.11. The molecule has 0 atom stereocenters. The largest absolute Gasteiger partial charge is 0.497 e. The van der Waals surface area contributed by atoms with E-state index < -0.39 is 0 Å². The lowest BCUT2D eigenvalue weighted by molar-refractivity contribution is -0.118. The predicted molar refractivity (Wildman–Crippen MR) is 99.8 cm³/mol. The lowest BCUT2D eigenvalue weighted by Crippen LogP contribution is -2.27. The number of hydrogen-bond donors (Lipinski definition) is 2. The molecular weight excluding hydrogens is 356 g/mol. The lowest BCUT2D eigenvalue weighted by atomic mass is 10.1. The van der Waals surface area contributed by atoms with E-state index in [4.69, 9.17) is 9.47 Å². The van der Waals surface area contributed by atoms with Crippen molar-refractivity contribution in [3.63, 3.8) is 0 Å². The molecule has 0 saturated carbocycles. The van der Waals surface area contributed by atoms with E-state index in [1.54, 1.807) is 14.2 Å². The Morgan fingerprint density at radius 2 is 2.08 bits per heavy atom. The van der Waals surface area contributed by atoms with Gasteiger partial charge in [-0.3, -0.25) is 9.36 Å². The second-order valence-electron chi connectivity index (χ2n) is 5.55. The number of nitrogens with one attached hydrogen (secondary N) is 2. The van der Waals surface area contributed by atoms with E-state index >= 15 is 0 Å². The highest BCUT2D eigenvalue weighted by atomic mass is 32.2. The Balaban J connectivity index is 1.73. The Morgan fingerprint density at radius 1 is 1.31 bits per heavy atom. The van der Waals surface area contributed by atoms with Crippen LogP contribution >= 0.6 is 11.8 Å². The van der Waals surface area contributed by atoms with Crippen molar-refractivity contribution < 1.29 is 14.3 Å². The number of carbonyl (C=O) groups excluding carboxylic acids is 1. The van der Waals surface area contributed by atoms with Crippen molar-refractivity contribution in [2.75, 3.05) is 33.1 Å². The van der Waals surface area contributed by atoms with Crippen LogP contribution in [0.4, 0.5) is 0 Å². The quantitative estimate of drug-likeness (QED) is 0.447. The van der Waals surface area contributed by atoms with Crippen molar-refractivity contribution in [3.05, 3.63) is 40.3 Å². The molecule has 2 rings (SSSR count). The first-order valence-electron chi connectivity index (χ1n) is 8.30. The molecule has 0 unspecified atom stereocenters.